The average Bonchev–Trinajstić information content (AvgIpc) is 2.46. The molecule has 23 heavy (non-hydrogen) atoms. The molecule has 0 unspecified atom stereocenters. The van der Waals surface area contributed by atoms with E-state index in [1.165, 1.54) is 5.57 Å². The summed E-state index contributed by atoms with van der Waals surface area (Å²) < 4.78 is 0. The van der Waals surface area contributed by atoms with E-state index in [0.717, 1.165) is 51.4 Å². The maximum absolute atomic E-state index is 12.0. The molecular formula is C20H34O3. The minimum Gasteiger partial charge on any atom is -0.481 e. The Morgan fingerprint density at radius 3 is 2.65 bits per heavy atom. The molecule has 0 heterocycles. The maximum Gasteiger partial charge on any atom is 0.309 e. The second-order valence-electron chi connectivity index (χ2n) is 8.58. The van der Waals surface area contributed by atoms with Crippen LogP contribution in [0.5, 0.6) is 0 Å². The Hall–Kier alpha value is -0.830. The number of carbonyl (C=O) groups is 1. The first-order valence-electron chi connectivity index (χ1n) is 9.27. The molecule has 132 valence electrons. The number of hydrogen-bond donors (Lipinski definition) is 2. The fourth-order valence-electron chi connectivity index (χ4n) is 5.55. The zero-order valence-corrected chi connectivity index (χ0v) is 15.1. The third kappa shape index (κ3) is 3.35. The Kier molecular flexibility index (Phi) is 5.60. The summed E-state index contributed by atoms with van der Waals surface area (Å²) in [5, 5.41) is 19.0. The van der Waals surface area contributed by atoms with Gasteiger partial charge < -0.3 is 10.2 Å². The van der Waals surface area contributed by atoms with Gasteiger partial charge in [0.15, 0.2) is 0 Å². The van der Waals surface area contributed by atoms with Crippen molar-refractivity contribution in [3.63, 3.8) is 0 Å². The van der Waals surface area contributed by atoms with Crippen molar-refractivity contribution < 1.29 is 15.0 Å². The lowest BCUT2D eigenvalue weighted by Crippen LogP contribution is -2.53. The molecule has 0 aromatic carbocycles. The number of aliphatic hydroxyl groups excluding tert-OH is 1. The SMILES string of the molecule is C=C1CC[C@H]2[C@@](C)(CCC[C@@]2(C)C(=O)O)[C@H]1CC[C@H](C)CCO. The van der Waals surface area contributed by atoms with E-state index in [0.29, 0.717) is 11.8 Å². The molecule has 3 heteroatoms. The van der Waals surface area contributed by atoms with Gasteiger partial charge in [-0.1, -0.05) is 38.8 Å². The Morgan fingerprint density at radius 1 is 1.35 bits per heavy atom. The molecule has 2 aliphatic carbocycles. The van der Waals surface area contributed by atoms with Crippen molar-refractivity contribution in [1.29, 1.82) is 0 Å². The minimum absolute atomic E-state index is 0.0691. The van der Waals surface area contributed by atoms with Gasteiger partial charge in [-0.3, -0.25) is 4.79 Å². The van der Waals surface area contributed by atoms with Crippen LogP contribution in [0.1, 0.15) is 72.1 Å². The van der Waals surface area contributed by atoms with Crippen LogP contribution in [0, 0.1) is 28.6 Å². The van der Waals surface area contributed by atoms with Crippen LogP contribution >= 0.6 is 0 Å². The highest BCUT2D eigenvalue weighted by molar-refractivity contribution is 5.75. The third-order valence-corrected chi connectivity index (χ3v) is 7.08. The number of carboxylic acid groups (broad SMARTS) is 1. The van der Waals surface area contributed by atoms with E-state index < -0.39 is 11.4 Å². The average molecular weight is 322 g/mol. The topological polar surface area (TPSA) is 57.5 Å². The van der Waals surface area contributed by atoms with Crippen LogP contribution in [0.3, 0.4) is 0 Å². The van der Waals surface area contributed by atoms with Crippen molar-refractivity contribution >= 4 is 5.97 Å². The summed E-state index contributed by atoms with van der Waals surface area (Å²) in [5.74, 6) is 0.589. The molecule has 2 fully saturated rings. The highest BCUT2D eigenvalue weighted by Crippen LogP contribution is 2.62. The summed E-state index contributed by atoms with van der Waals surface area (Å²) in [4.78, 5) is 12.0. The highest BCUT2D eigenvalue weighted by atomic mass is 16.4. The van der Waals surface area contributed by atoms with Crippen LogP contribution in [0.25, 0.3) is 0 Å². The number of carboxylic acids is 1. The molecular weight excluding hydrogens is 288 g/mol. The number of rotatable bonds is 6. The summed E-state index contributed by atoms with van der Waals surface area (Å²) in [7, 11) is 0. The zero-order valence-electron chi connectivity index (χ0n) is 15.1. The van der Waals surface area contributed by atoms with Crippen molar-refractivity contribution in [2.75, 3.05) is 6.61 Å². The largest absolute Gasteiger partial charge is 0.481 e. The van der Waals surface area contributed by atoms with Crippen molar-refractivity contribution in [3.05, 3.63) is 12.2 Å². The van der Waals surface area contributed by atoms with Crippen LogP contribution in [0.15, 0.2) is 12.2 Å². The van der Waals surface area contributed by atoms with E-state index in [4.69, 9.17) is 5.11 Å². The third-order valence-electron chi connectivity index (χ3n) is 7.08. The lowest BCUT2D eigenvalue weighted by atomic mass is 9.46. The van der Waals surface area contributed by atoms with Gasteiger partial charge in [0.1, 0.15) is 0 Å². The van der Waals surface area contributed by atoms with Crippen LogP contribution < -0.4 is 0 Å². The van der Waals surface area contributed by atoms with Gasteiger partial charge in [-0.25, -0.2) is 0 Å². The van der Waals surface area contributed by atoms with Gasteiger partial charge in [-0.15, -0.1) is 0 Å². The molecule has 0 aromatic rings. The van der Waals surface area contributed by atoms with E-state index in [1.807, 2.05) is 6.92 Å². The summed E-state index contributed by atoms with van der Waals surface area (Å²) in [6, 6.07) is 0. The molecule has 0 spiro atoms. The van der Waals surface area contributed by atoms with Crippen LogP contribution in [0.2, 0.25) is 0 Å². The first-order chi connectivity index (χ1) is 10.8. The second kappa shape index (κ2) is 6.96. The molecule has 0 saturated heterocycles. The number of allylic oxidation sites excluding steroid dienone is 1. The minimum atomic E-state index is -0.617. The number of aliphatic hydroxyl groups is 1. The summed E-state index contributed by atoms with van der Waals surface area (Å²) in [6.07, 6.45) is 7.92. The van der Waals surface area contributed by atoms with E-state index in [-0.39, 0.29) is 17.9 Å². The normalized spacial score (nSPS) is 38.9. The Morgan fingerprint density at radius 2 is 2.04 bits per heavy atom. The molecule has 3 nitrogen and oxygen atoms in total. The van der Waals surface area contributed by atoms with Crippen molar-refractivity contribution in [2.24, 2.45) is 28.6 Å². The van der Waals surface area contributed by atoms with Crippen LogP contribution in [-0.4, -0.2) is 22.8 Å². The Bertz CT molecular complexity index is 458. The fourth-order valence-corrected chi connectivity index (χ4v) is 5.55. The summed E-state index contributed by atoms with van der Waals surface area (Å²) in [6.45, 7) is 11.1. The summed E-state index contributed by atoms with van der Waals surface area (Å²) >= 11 is 0. The molecule has 2 rings (SSSR count). The molecule has 0 amide bonds. The standard InChI is InChI=1S/C20H34O3/c1-14(10-13-21)6-8-16-15(2)7-9-17-19(16,3)11-5-12-20(17,4)18(22)23/h14,16-17,21H,2,5-13H2,1,3-4H3,(H,22,23)/t14-,16-,17-,19-,20+/m0/s1. The first kappa shape index (κ1) is 18.5. The second-order valence-corrected chi connectivity index (χ2v) is 8.58. The smallest absolute Gasteiger partial charge is 0.309 e. The van der Waals surface area contributed by atoms with Crippen molar-refractivity contribution in [3.8, 4) is 0 Å². The predicted molar refractivity (Wildman–Crippen MR) is 93.2 cm³/mol. The molecule has 2 aliphatic rings. The van der Waals surface area contributed by atoms with Gasteiger partial charge in [0.25, 0.3) is 0 Å². The molecule has 2 N–H and O–H groups in total. The zero-order chi connectivity index (χ0) is 17.3. The number of fused-ring (bicyclic) bond motifs is 1. The van der Waals surface area contributed by atoms with Gasteiger partial charge in [0, 0.05) is 6.61 Å². The van der Waals surface area contributed by atoms with Crippen LogP contribution in [-0.2, 0) is 4.79 Å². The molecule has 5 atom stereocenters. The Balaban J connectivity index is 2.21. The molecule has 0 radical (unpaired) electrons. The van der Waals surface area contributed by atoms with Gasteiger partial charge in [-0.2, -0.15) is 0 Å². The van der Waals surface area contributed by atoms with Gasteiger partial charge >= 0.3 is 5.97 Å². The molecule has 0 aliphatic heterocycles. The number of aliphatic carboxylic acids is 1. The lowest BCUT2D eigenvalue weighted by Gasteiger charge is -2.57. The highest BCUT2D eigenvalue weighted by Gasteiger charge is 2.57. The maximum atomic E-state index is 12.0. The predicted octanol–water partition coefficient (Wildman–Crippen LogP) is 4.65. The molecule has 0 aromatic heterocycles. The van der Waals surface area contributed by atoms with E-state index in [9.17, 15) is 9.90 Å². The van der Waals surface area contributed by atoms with E-state index in [1.54, 1.807) is 0 Å². The van der Waals surface area contributed by atoms with Gasteiger partial charge in [-0.05, 0) is 68.6 Å². The molecule has 2 saturated carbocycles. The quantitative estimate of drug-likeness (QED) is 0.700. The summed E-state index contributed by atoms with van der Waals surface area (Å²) in [5.41, 5.74) is 0.817. The van der Waals surface area contributed by atoms with Crippen LogP contribution in [0.4, 0.5) is 0 Å². The van der Waals surface area contributed by atoms with Gasteiger partial charge in [0.05, 0.1) is 5.41 Å². The first-order valence-corrected chi connectivity index (χ1v) is 9.27. The molecule has 0 bridgehead atoms. The van der Waals surface area contributed by atoms with E-state index >= 15 is 0 Å². The van der Waals surface area contributed by atoms with Gasteiger partial charge in [0.2, 0.25) is 0 Å². The Labute approximate surface area is 141 Å². The van der Waals surface area contributed by atoms with E-state index in [2.05, 4.69) is 20.4 Å². The monoisotopic (exact) mass is 322 g/mol. The number of hydrogen-bond acceptors (Lipinski definition) is 2. The fraction of sp³-hybridized carbons (Fsp3) is 0.850. The lowest BCUT2D eigenvalue weighted by molar-refractivity contribution is -0.164. The van der Waals surface area contributed by atoms with Crippen molar-refractivity contribution in [2.45, 2.75) is 72.1 Å². The van der Waals surface area contributed by atoms with Crippen molar-refractivity contribution in [1.82, 2.24) is 0 Å².